The van der Waals surface area contributed by atoms with Crippen LogP contribution in [-0.4, -0.2) is 36.4 Å². The Morgan fingerprint density at radius 1 is 1.28 bits per heavy atom. The summed E-state index contributed by atoms with van der Waals surface area (Å²) in [4.78, 5) is 14.7. The first kappa shape index (κ1) is 16.1. The van der Waals surface area contributed by atoms with E-state index >= 15 is 0 Å². The van der Waals surface area contributed by atoms with E-state index in [0.717, 1.165) is 18.5 Å². The summed E-state index contributed by atoms with van der Waals surface area (Å²) in [5.41, 5.74) is 1.28. The minimum atomic E-state index is -0.147. The number of aromatic hydroxyl groups is 1. The maximum Gasteiger partial charge on any atom is 0.223 e. The van der Waals surface area contributed by atoms with Crippen LogP contribution in [0.3, 0.4) is 0 Å². The maximum absolute atomic E-state index is 12.7. The Balaban J connectivity index is 1.62. The Morgan fingerprint density at radius 3 is 2.80 bits per heavy atom. The number of para-hydroxylation sites is 2. The highest BCUT2D eigenvalue weighted by atomic mass is 16.3. The fourth-order valence-electron chi connectivity index (χ4n) is 4.59. The molecule has 0 radical (unpaired) electrons. The normalized spacial score (nSPS) is 27.7. The zero-order valence-electron chi connectivity index (χ0n) is 14.9. The minimum absolute atomic E-state index is 0.106. The van der Waals surface area contributed by atoms with E-state index in [1.165, 1.54) is 0 Å². The predicted molar refractivity (Wildman–Crippen MR) is 93.1 cm³/mol. The summed E-state index contributed by atoms with van der Waals surface area (Å²) in [6.45, 7) is 7.22. The molecule has 1 aromatic heterocycles. The molecule has 25 heavy (non-hydrogen) atoms. The molecule has 6 nitrogen and oxygen atoms in total. The summed E-state index contributed by atoms with van der Waals surface area (Å²) in [5.74, 6) is 0.833. The van der Waals surface area contributed by atoms with Gasteiger partial charge in [0.15, 0.2) is 0 Å². The van der Waals surface area contributed by atoms with Gasteiger partial charge in [0.05, 0.1) is 12.7 Å². The third kappa shape index (κ3) is 2.27. The van der Waals surface area contributed by atoms with Gasteiger partial charge in [0.25, 0.3) is 0 Å². The van der Waals surface area contributed by atoms with Crippen molar-refractivity contribution in [2.75, 3.05) is 0 Å². The van der Waals surface area contributed by atoms with Crippen LogP contribution in [0.15, 0.2) is 30.5 Å². The number of hydrogen-bond donors (Lipinski definition) is 1. The Labute approximate surface area is 147 Å². The van der Waals surface area contributed by atoms with Crippen LogP contribution < -0.4 is 0 Å². The minimum Gasteiger partial charge on any atom is -0.506 e. The summed E-state index contributed by atoms with van der Waals surface area (Å²) in [7, 11) is 0. The number of rotatable bonds is 3. The SMILES string of the molecule is CC1(C)[C@H]2CC[C@]1(C)N(Cc1cn(-c3ccccc3O)nn1)C(=O)C2. The second-order valence-electron chi connectivity index (χ2n) is 8.06. The Bertz CT molecular complexity index is 828. The van der Waals surface area contributed by atoms with Crippen molar-refractivity contribution in [3.8, 4) is 11.4 Å². The van der Waals surface area contributed by atoms with Crippen LogP contribution in [0.5, 0.6) is 5.75 Å². The van der Waals surface area contributed by atoms with Crippen molar-refractivity contribution in [3.05, 3.63) is 36.2 Å². The van der Waals surface area contributed by atoms with Gasteiger partial charge in [0.1, 0.15) is 17.1 Å². The molecule has 1 N–H and O–H groups in total. The highest BCUT2D eigenvalue weighted by Crippen LogP contribution is 2.57. The highest BCUT2D eigenvalue weighted by Gasteiger charge is 2.59. The van der Waals surface area contributed by atoms with Gasteiger partial charge >= 0.3 is 0 Å². The van der Waals surface area contributed by atoms with Crippen molar-refractivity contribution >= 4 is 5.91 Å². The number of phenols is 1. The molecule has 2 aromatic rings. The largest absolute Gasteiger partial charge is 0.506 e. The number of piperidine rings is 1. The van der Waals surface area contributed by atoms with Crippen molar-refractivity contribution < 1.29 is 9.90 Å². The first-order valence-electron chi connectivity index (χ1n) is 8.83. The smallest absolute Gasteiger partial charge is 0.223 e. The Kier molecular flexibility index (Phi) is 3.42. The molecule has 2 heterocycles. The number of carbonyl (C=O) groups is 1. The van der Waals surface area contributed by atoms with E-state index in [1.807, 2.05) is 11.0 Å². The number of benzene rings is 1. The van der Waals surface area contributed by atoms with Gasteiger partial charge in [-0.05, 0) is 43.2 Å². The molecule has 2 bridgehead atoms. The van der Waals surface area contributed by atoms with Gasteiger partial charge in [-0.3, -0.25) is 4.79 Å². The molecule has 0 unspecified atom stereocenters. The maximum atomic E-state index is 12.7. The molecule has 2 fully saturated rings. The van der Waals surface area contributed by atoms with Crippen LogP contribution in [0, 0.1) is 11.3 Å². The topological polar surface area (TPSA) is 71.2 Å². The Hall–Kier alpha value is -2.37. The number of fused-ring (bicyclic) bond motifs is 2. The van der Waals surface area contributed by atoms with Crippen molar-refractivity contribution in [2.24, 2.45) is 11.3 Å². The molecule has 1 aliphatic carbocycles. The van der Waals surface area contributed by atoms with Crippen molar-refractivity contribution in [2.45, 2.75) is 52.1 Å². The lowest BCUT2D eigenvalue weighted by atomic mass is 9.66. The van der Waals surface area contributed by atoms with Gasteiger partial charge < -0.3 is 10.0 Å². The van der Waals surface area contributed by atoms with Gasteiger partial charge in [-0.15, -0.1) is 5.10 Å². The van der Waals surface area contributed by atoms with E-state index < -0.39 is 0 Å². The van der Waals surface area contributed by atoms with E-state index in [0.29, 0.717) is 24.6 Å². The van der Waals surface area contributed by atoms with Crippen LogP contribution in [0.25, 0.3) is 5.69 Å². The lowest BCUT2D eigenvalue weighted by molar-refractivity contribution is -0.152. The summed E-state index contributed by atoms with van der Waals surface area (Å²) in [6.07, 6.45) is 4.55. The van der Waals surface area contributed by atoms with E-state index in [1.54, 1.807) is 29.1 Å². The third-order valence-electron chi connectivity index (χ3n) is 6.70. The lowest BCUT2D eigenvalue weighted by Gasteiger charge is -2.52. The second kappa shape index (κ2) is 5.31. The monoisotopic (exact) mass is 340 g/mol. The predicted octanol–water partition coefficient (Wildman–Crippen LogP) is 2.90. The number of likely N-dealkylation sites (tertiary alicyclic amines) is 1. The standard InChI is InChI=1S/C19H24N4O2/c1-18(2)13-8-9-19(18,3)22(17(25)10-13)11-14-12-23(21-20-14)15-6-4-5-7-16(15)24/h4-7,12-13,24H,8-11H2,1-3H3/t13-,19-/m0/s1. The van der Waals surface area contributed by atoms with Crippen LogP contribution in [0.2, 0.25) is 0 Å². The number of carbonyl (C=O) groups excluding carboxylic acids is 1. The summed E-state index contributed by atoms with van der Waals surface area (Å²) in [5, 5.41) is 18.3. The highest BCUT2D eigenvalue weighted by molar-refractivity contribution is 5.79. The molecule has 132 valence electrons. The molecule has 1 amide bonds. The molecular formula is C19H24N4O2. The van der Waals surface area contributed by atoms with Crippen molar-refractivity contribution in [1.29, 1.82) is 0 Å². The van der Waals surface area contributed by atoms with Crippen LogP contribution in [0.1, 0.15) is 45.7 Å². The van der Waals surface area contributed by atoms with Crippen LogP contribution in [0.4, 0.5) is 0 Å². The van der Waals surface area contributed by atoms with E-state index in [9.17, 15) is 9.90 Å². The Morgan fingerprint density at radius 2 is 2.04 bits per heavy atom. The summed E-state index contributed by atoms with van der Waals surface area (Å²) >= 11 is 0. The number of aromatic nitrogens is 3. The zero-order valence-corrected chi connectivity index (χ0v) is 14.9. The van der Waals surface area contributed by atoms with E-state index in [2.05, 4.69) is 31.1 Å². The second-order valence-corrected chi connectivity index (χ2v) is 8.06. The third-order valence-corrected chi connectivity index (χ3v) is 6.70. The molecule has 2 atom stereocenters. The van der Waals surface area contributed by atoms with Crippen molar-refractivity contribution in [3.63, 3.8) is 0 Å². The molecular weight excluding hydrogens is 316 g/mol. The molecule has 6 heteroatoms. The van der Waals surface area contributed by atoms with E-state index in [-0.39, 0.29) is 22.6 Å². The first-order valence-corrected chi connectivity index (χ1v) is 8.83. The first-order chi connectivity index (χ1) is 11.8. The molecule has 0 spiro atoms. The molecule has 1 saturated heterocycles. The molecule has 2 aliphatic rings. The molecule has 1 aliphatic heterocycles. The molecule has 1 aromatic carbocycles. The number of nitrogens with zero attached hydrogens (tertiary/aromatic N) is 4. The number of hydrogen-bond acceptors (Lipinski definition) is 4. The number of phenolic OH excluding ortho intramolecular Hbond substituents is 1. The van der Waals surface area contributed by atoms with Crippen LogP contribution in [-0.2, 0) is 11.3 Å². The average molecular weight is 340 g/mol. The van der Waals surface area contributed by atoms with Gasteiger partial charge in [-0.25, -0.2) is 4.68 Å². The summed E-state index contributed by atoms with van der Waals surface area (Å²) < 4.78 is 1.56. The van der Waals surface area contributed by atoms with E-state index in [4.69, 9.17) is 0 Å². The zero-order chi connectivity index (χ0) is 17.8. The van der Waals surface area contributed by atoms with Gasteiger partial charge in [-0.2, -0.15) is 0 Å². The van der Waals surface area contributed by atoms with Gasteiger partial charge in [-0.1, -0.05) is 31.2 Å². The quantitative estimate of drug-likeness (QED) is 0.932. The molecule has 4 rings (SSSR count). The lowest BCUT2D eigenvalue weighted by Crippen LogP contribution is -2.60. The van der Waals surface area contributed by atoms with Crippen LogP contribution >= 0.6 is 0 Å². The summed E-state index contributed by atoms with van der Waals surface area (Å²) in [6, 6.07) is 7.01. The average Bonchev–Trinajstić information content (AvgIpc) is 3.07. The molecule has 1 saturated carbocycles. The fraction of sp³-hybridized carbons (Fsp3) is 0.526. The van der Waals surface area contributed by atoms with Gasteiger partial charge in [0.2, 0.25) is 5.91 Å². The van der Waals surface area contributed by atoms with Crippen molar-refractivity contribution in [1.82, 2.24) is 19.9 Å². The fourth-order valence-corrected chi connectivity index (χ4v) is 4.59. The number of amides is 1. The van der Waals surface area contributed by atoms with Gasteiger partial charge in [0, 0.05) is 12.0 Å².